The molecule has 7 nitrogen and oxygen atoms in total. The maximum Gasteiger partial charge on any atom is 0.573 e. The number of hydrogen-bond donors (Lipinski definition) is 0. The molecule has 0 aliphatic carbocycles. The highest BCUT2D eigenvalue weighted by Crippen LogP contribution is 2.29. The van der Waals surface area contributed by atoms with Crippen LogP contribution in [0.25, 0.3) is 22.5 Å². The number of nitrogens with zero attached hydrogens (tertiary/aromatic N) is 4. The Balaban J connectivity index is 1.67. The third-order valence-corrected chi connectivity index (χ3v) is 4.40. The highest BCUT2D eigenvalue weighted by molar-refractivity contribution is 5.75. The van der Waals surface area contributed by atoms with Gasteiger partial charge in [0, 0.05) is 30.9 Å². The summed E-state index contributed by atoms with van der Waals surface area (Å²) in [5.74, 6) is -0.296. The van der Waals surface area contributed by atoms with Crippen molar-refractivity contribution in [2.45, 2.75) is 26.3 Å². The van der Waals surface area contributed by atoms with Crippen molar-refractivity contribution >= 4 is 11.2 Å². The van der Waals surface area contributed by atoms with Crippen molar-refractivity contribution in [2.75, 3.05) is 0 Å². The molecule has 10 heteroatoms. The quantitative estimate of drug-likeness (QED) is 0.491. The van der Waals surface area contributed by atoms with Crippen LogP contribution in [0.4, 0.5) is 13.2 Å². The van der Waals surface area contributed by atoms with Crippen molar-refractivity contribution in [2.24, 2.45) is 0 Å². The molecule has 0 saturated carbocycles. The zero-order valence-electron chi connectivity index (χ0n) is 15.7. The largest absolute Gasteiger partial charge is 0.573 e. The number of aromatic nitrogens is 4. The van der Waals surface area contributed by atoms with E-state index in [0.717, 1.165) is 0 Å². The molecule has 4 aromatic rings. The van der Waals surface area contributed by atoms with Gasteiger partial charge in [-0.2, -0.15) is 0 Å². The summed E-state index contributed by atoms with van der Waals surface area (Å²) < 4.78 is 47.8. The summed E-state index contributed by atoms with van der Waals surface area (Å²) in [6.45, 7) is 1.92. The van der Waals surface area contributed by atoms with E-state index in [4.69, 9.17) is 4.42 Å². The molecule has 0 fully saturated rings. The van der Waals surface area contributed by atoms with E-state index < -0.39 is 12.1 Å². The Labute approximate surface area is 167 Å². The molecule has 0 aliphatic heterocycles. The van der Waals surface area contributed by atoms with Gasteiger partial charge in [0.25, 0.3) is 0 Å². The lowest BCUT2D eigenvalue weighted by Crippen LogP contribution is -2.17. The zero-order chi connectivity index (χ0) is 21.3. The fourth-order valence-electron chi connectivity index (χ4n) is 3.08. The van der Waals surface area contributed by atoms with Crippen molar-refractivity contribution in [1.82, 2.24) is 19.5 Å². The minimum absolute atomic E-state index is 0.268. The van der Waals surface area contributed by atoms with E-state index >= 15 is 0 Å². The predicted molar refractivity (Wildman–Crippen MR) is 101 cm³/mol. The van der Waals surface area contributed by atoms with Gasteiger partial charge in [-0.15, -0.1) is 13.2 Å². The van der Waals surface area contributed by atoms with E-state index in [1.165, 1.54) is 22.8 Å². The number of hydrogen-bond acceptors (Lipinski definition) is 6. The lowest BCUT2D eigenvalue weighted by atomic mass is 10.0. The smallest absolute Gasteiger partial charge is 0.406 e. The van der Waals surface area contributed by atoms with Crippen molar-refractivity contribution in [1.29, 1.82) is 0 Å². The third kappa shape index (κ3) is 4.17. The molecule has 4 rings (SSSR count). The Morgan fingerprint density at radius 3 is 2.60 bits per heavy atom. The van der Waals surface area contributed by atoms with Crippen LogP contribution in [0.5, 0.6) is 5.75 Å². The molecular weight excluding hydrogens is 401 g/mol. The average molecular weight is 416 g/mol. The molecule has 0 atom stereocenters. The molecular formula is C20H15F3N4O3. The summed E-state index contributed by atoms with van der Waals surface area (Å²) in [7, 11) is 0. The van der Waals surface area contributed by atoms with Crippen molar-refractivity contribution in [3.8, 4) is 17.0 Å². The predicted octanol–water partition coefficient (Wildman–Crippen LogP) is 3.90. The van der Waals surface area contributed by atoms with Gasteiger partial charge in [0.15, 0.2) is 11.2 Å². The second-order valence-electron chi connectivity index (χ2n) is 6.48. The number of halogens is 3. The number of pyridine rings is 1. The molecule has 0 aliphatic rings. The minimum atomic E-state index is -4.76. The Kier molecular flexibility index (Phi) is 4.98. The minimum Gasteiger partial charge on any atom is -0.406 e. The average Bonchev–Trinajstić information content (AvgIpc) is 3.00. The molecule has 30 heavy (non-hydrogen) atoms. The number of aryl methyl sites for hydroxylation is 3. The first-order valence-corrected chi connectivity index (χ1v) is 8.93. The number of benzene rings is 1. The lowest BCUT2D eigenvalue weighted by molar-refractivity contribution is -0.274. The topological polar surface area (TPSA) is 83.0 Å². The van der Waals surface area contributed by atoms with Crippen molar-refractivity contribution < 1.29 is 22.3 Å². The summed E-state index contributed by atoms with van der Waals surface area (Å²) >= 11 is 0. The Morgan fingerprint density at radius 1 is 1.13 bits per heavy atom. The Hall–Kier alpha value is -3.69. The maximum atomic E-state index is 12.4. The van der Waals surface area contributed by atoms with Crippen LogP contribution in [0.3, 0.4) is 0 Å². The summed E-state index contributed by atoms with van der Waals surface area (Å²) in [6.07, 6.45) is -1.13. The van der Waals surface area contributed by atoms with E-state index in [-0.39, 0.29) is 12.3 Å². The SMILES string of the molecule is Cc1cc(OC(F)(F)F)ccc1-c1ccc2oc(=O)n(CCc3ncccn3)c2n1. The van der Waals surface area contributed by atoms with Crippen LogP contribution in [0.1, 0.15) is 11.4 Å². The highest BCUT2D eigenvalue weighted by Gasteiger charge is 2.31. The molecule has 0 radical (unpaired) electrons. The van der Waals surface area contributed by atoms with Gasteiger partial charge in [-0.05, 0) is 48.9 Å². The lowest BCUT2D eigenvalue weighted by Gasteiger charge is -2.11. The summed E-state index contributed by atoms with van der Waals surface area (Å²) in [4.78, 5) is 25.0. The van der Waals surface area contributed by atoms with Gasteiger partial charge in [-0.3, -0.25) is 4.57 Å². The number of fused-ring (bicyclic) bond motifs is 1. The van der Waals surface area contributed by atoms with Gasteiger partial charge >= 0.3 is 12.1 Å². The molecule has 0 bridgehead atoms. The first-order valence-electron chi connectivity index (χ1n) is 8.93. The normalized spacial score (nSPS) is 11.7. The van der Waals surface area contributed by atoms with Crippen LogP contribution < -0.4 is 10.5 Å². The monoisotopic (exact) mass is 416 g/mol. The van der Waals surface area contributed by atoms with Crippen LogP contribution in [0.2, 0.25) is 0 Å². The standard InChI is InChI=1S/C20H15F3N4O3/c1-12-11-13(30-20(21,22)23)3-4-14(12)15-5-6-16-18(26-15)27(19(28)29-16)10-7-17-24-8-2-9-25-17/h2-6,8-9,11H,7,10H2,1H3. The van der Waals surface area contributed by atoms with Gasteiger partial charge in [0.05, 0.1) is 5.69 Å². The zero-order valence-corrected chi connectivity index (χ0v) is 15.7. The van der Waals surface area contributed by atoms with Crippen LogP contribution in [0, 0.1) is 6.92 Å². The number of ether oxygens (including phenoxy) is 1. The molecule has 0 unspecified atom stereocenters. The molecule has 1 aromatic carbocycles. The van der Waals surface area contributed by atoms with Gasteiger partial charge in [-0.1, -0.05) is 0 Å². The molecule has 3 aromatic heterocycles. The molecule has 0 spiro atoms. The van der Waals surface area contributed by atoms with Crippen molar-refractivity contribution in [3.05, 3.63) is 70.7 Å². The summed E-state index contributed by atoms with van der Waals surface area (Å²) in [6, 6.07) is 8.94. The van der Waals surface area contributed by atoms with Gasteiger partial charge in [0.1, 0.15) is 11.6 Å². The van der Waals surface area contributed by atoms with Gasteiger partial charge in [-0.25, -0.2) is 19.7 Å². The van der Waals surface area contributed by atoms with E-state index in [9.17, 15) is 18.0 Å². The first-order chi connectivity index (χ1) is 14.3. The maximum absolute atomic E-state index is 12.4. The molecule has 0 amide bonds. The Bertz CT molecular complexity index is 1250. The van der Waals surface area contributed by atoms with E-state index in [1.807, 2.05) is 0 Å². The summed E-state index contributed by atoms with van der Waals surface area (Å²) in [5, 5.41) is 0. The number of rotatable bonds is 5. The molecule has 0 saturated heterocycles. The second kappa shape index (κ2) is 7.62. The van der Waals surface area contributed by atoms with Crippen LogP contribution in [-0.4, -0.2) is 25.9 Å². The van der Waals surface area contributed by atoms with Crippen LogP contribution >= 0.6 is 0 Å². The number of alkyl halides is 3. The fourth-order valence-corrected chi connectivity index (χ4v) is 3.08. The number of oxazole rings is 1. The summed E-state index contributed by atoms with van der Waals surface area (Å²) in [5.41, 5.74) is 2.29. The van der Waals surface area contributed by atoms with Crippen LogP contribution in [0.15, 0.2) is 58.0 Å². The highest BCUT2D eigenvalue weighted by atomic mass is 19.4. The van der Waals surface area contributed by atoms with E-state index in [0.29, 0.717) is 40.3 Å². The third-order valence-electron chi connectivity index (χ3n) is 4.40. The fraction of sp³-hybridized carbons (Fsp3) is 0.200. The van der Waals surface area contributed by atoms with Crippen molar-refractivity contribution in [3.63, 3.8) is 0 Å². The van der Waals surface area contributed by atoms with E-state index in [2.05, 4.69) is 19.7 Å². The Morgan fingerprint density at radius 2 is 1.90 bits per heavy atom. The molecule has 3 heterocycles. The first kappa shape index (κ1) is 19.6. The van der Waals surface area contributed by atoms with Crippen LogP contribution in [-0.2, 0) is 13.0 Å². The van der Waals surface area contributed by atoms with Gasteiger partial charge in [0.2, 0.25) is 0 Å². The molecule has 0 N–H and O–H groups in total. The second-order valence-corrected chi connectivity index (χ2v) is 6.48. The van der Waals surface area contributed by atoms with Gasteiger partial charge < -0.3 is 9.15 Å². The van der Waals surface area contributed by atoms with E-state index in [1.54, 1.807) is 37.5 Å². The molecule has 154 valence electrons.